The summed E-state index contributed by atoms with van der Waals surface area (Å²) in [5.41, 5.74) is 1.36. The van der Waals surface area contributed by atoms with Crippen molar-refractivity contribution < 1.29 is 4.79 Å². The molecule has 0 heterocycles. The quantitative estimate of drug-likeness (QED) is 0.893. The third-order valence-corrected chi connectivity index (χ3v) is 3.20. The van der Waals surface area contributed by atoms with Gasteiger partial charge in [0.1, 0.15) is 6.07 Å². The second-order valence-corrected chi connectivity index (χ2v) is 5.11. The molecule has 0 fully saturated rings. The van der Waals surface area contributed by atoms with Crippen molar-refractivity contribution in [2.24, 2.45) is 0 Å². The van der Waals surface area contributed by atoms with Crippen LogP contribution >= 0.6 is 27.5 Å². The number of benzene rings is 2. The van der Waals surface area contributed by atoms with Crippen LogP contribution in [0.3, 0.4) is 0 Å². The summed E-state index contributed by atoms with van der Waals surface area (Å²) in [5.74, 6) is -0.286. The SMILES string of the molecule is N#Cc1ccc(Br)cc1NC(=O)c1ccc(Cl)cc1. The summed E-state index contributed by atoms with van der Waals surface area (Å²) in [6.45, 7) is 0. The lowest BCUT2D eigenvalue weighted by molar-refractivity contribution is 0.102. The van der Waals surface area contributed by atoms with E-state index in [1.165, 1.54) is 0 Å². The number of carbonyl (C=O) groups excluding carboxylic acids is 1. The maximum Gasteiger partial charge on any atom is 0.255 e. The molecule has 19 heavy (non-hydrogen) atoms. The molecule has 0 bridgehead atoms. The Kier molecular flexibility index (Phi) is 4.20. The smallest absolute Gasteiger partial charge is 0.255 e. The minimum Gasteiger partial charge on any atom is -0.321 e. The third-order valence-electron chi connectivity index (χ3n) is 2.46. The zero-order chi connectivity index (χ0) is 13.8. The molecule has 0 aliphatic rings. The van der Waals surface area contributed by atoms with E-state index in [0.717, 1.165) is 4.47 Å². The first-order valence-electron chi connectivity index (χ1n) is 5.37. The van der Waals surface area contributed by atoms with Gasteiger partial charge in [0.25, 0.3) is 5.91 Å². The normalized spacial score (nSPS) is 9.74. The van der Waals surface area contributed by atoms with E-state index >= 15 is 0 Å². The lowest BCUT2D eigenvalue weighted by Crippen LogP contribution is -2.12. The minimum absolute atomic E-state index is 0.286. The van der Waals surface area contributed by atoms with Gasteiger partial charge in [-0.25, -0.2) is 0 Å². The van der Waals surface area contributed by atoms with Gasteiger partial charge in [-0.05, 0) is 42.5 Å². The number of nitrogens with one attached hydrogen (secondary N) is 1. The van der Waals surface area contributed by atoms with Crippen LogP contribution in [-0.2, 0) is 0 Å². The molecule has 2 aromatic rings. The van der Waals surface area contributed by atoms with E-state index in [9.17, 15) is 4.79 Å². The second kappa shape index (κ2) is 5.87. The molecule has 0 aliphatic carbocycles. The van der Waals surface area contributed by atoms with E-state index in [0.29, 0.717) is 21.8 Å². The minimum atomic E-state index is -0.286. The van der Waals surface area contributed by atoms with E-state index in [-0.39, 0.29) is 5.91 Å². The number of amides is 1. The monoisotopic (exact) mass is 334 g/mol. The van der Waals surface area contributed by atoms with Crippen molar-refractivity contribution in [3.8, 4) is 6.07 Å². The van der Waals surface area contributed by atoms with E-state index in [1.54, 1.807) is 42.5 Å². The fourth-order valence-corrected chi connectivity index (χ4v) is 2.00. The van der Waals surface area contributed by atoms with Crippen LogP contribution in [0.5, 0.6) is 0 Å². The molecule has 1 amide bonds. The Bertz CT molecular complexity index is 662. The number of carbonyl (C=O) groups is 1. The average Bonchev–Trinajstić information content (AvgIpc) is 2.39. The first kappa shape index (κ1) is 13.6. The van der Waals surface area contributed by atoms with Gasteiger partial charge in [0.05, 0.1) is 11.3 Å². The fourth-order valence-electron chi connectivity index (χ4n) is 1.51. The highest BCUT2D eigenvalue weighted by Crippen LogP contribution is 2.21. The van der Waals surface area contributed by atoms with Gasteiger partial charge in [0.2, 0.25) is 0 Å². The largest absolute Gasteiger partial charge is 0.321 e. The lowest BCUT2D eigenvalue weighted by Gasteiger charge is -2.07. The first-order chi connectivity index (χ1) is 9.10. The van der Waals surface area contributed by atoms with Crippen molar-refractivity contribution in [2.45, 2.75) is 0 Å². The van der Waals surface area contributed by atoms with Crippen LogP contribution in [0, 0.1) is 11.3 Å². The summed E-state index contributed by atoms with van der Waals surface area (Å²) in [4.78, 5) is 12.0. The maximum atomic E-state index is 12.0. The number of nitriles is 1. The number of anilines is 1. The molecule has 0 atom stereocenters. The number of hydrogen-bond donors (Lipinski definition) is 1. The molecule has 0 unspecified atom stereocenters. The molecule has 0 saturated heterocycles. The Morgan fingerprint density at radius 1 is 1.21 bits per heavy atom. The molecule has 94 valence electrons. The van der Waals surface area contributed by atoms with Gasteiger partial charge in [-0.1, -0.05) is 27.5 Å². The number of rotatable bonds is 2. The fraction of sp³-hybridized carbons (Fsp3) is 0. The molecular formula is C14H8BrClN2O. The highest BCUT2D eigenvalue weighted by Gasteiger charge is 2.09. The summed E-state index contributed by atoms with van der Waals surface area (Å²) in [6, 6.07) is 13.6. The van der Waals surface area contributed by atoms with Gasteiger partial charge >= 0.3 is 0 Å². The van der Waals surface area contributed by atoms with E-state index in [1.807, 2.05) is 6.07 Å². The van der Waals surface area contributed by atoms with E-state index < -0.39 is 0 Å². The predicted molar refractivity (Wildman–Crippen MR) is 78.3 cm³/mol. The molecule has 0 aliphatic heterocycles. The topological polar surface area (TPSA) is 52.9 Å². The maximum absolute atomic E-state index is 12.0. The predicted octanol–water partition coefficient (Wildman–Crippen LogP) is 4.23. The molecule has 0 spiro atoms. The molecule has 5 heteroatoms. The van der Waals surface area contributed by atoms with Crippen molar-refractivity contribution in [2.75, 3.05) is 5.32 Å². The van der Waals surface area contributed by atoms with Crippen LogP contribution < -0.4 is 5.32 Å². The number of nitrogens with zero attached hydrogens (tertiary/aromatic N) is 1. The first-order valence-corrected chi connectivity index (χ1v) is 6.54. The lowest BCUT2D eigenvalue weighted by atomic mass is 10.1. The molecule has 1 N–H and O–H groups in total. The Morgan fingerprint density at radius 2 is 1.89 bits per heavy atom. The van der Waals surface area contributed by atoms with Crippen molar-refractivity contribution in [1.82, 2.24) is 0 Å². The number of halogens is 2. The van der Waals surface area contributed by atoms with E-state index in [2.05, 4.69) is 21.2 Å². The van der Waals surface area contributed by atoms with Crippen LogP contribution in [0.2, 0.25) is 5.02 Å². The van der Waals surface area contributed by atoms with Crippen molar-refractivity contribution in [3.63, 3.8) is 0 Å². The van der Waals surface area contributed by atoms with E-state index in [4.69, 9.17) is 16.9 Å². The van der Waals surface area contributed by atoms with Gasteiger partial charge in [-0.2, -0.15) is 5.26 Å². The molecule has 0 saturated carbocycles. The Hall–Kier alpha value is -1.83. The van der Waals surface area contributed by atoms with Gasteiger partial charge in [-0.3, -0.25) is 4.79 Å². The Morgan fingerprint density at radius 3 is 2.53 bits per heavy atom. The molecule has 2 rings (SSSR count). The van der Waals surface area contributed by atoms with Crippen LogP contribution in [-0.4, -0.2) is 5.91 Å². The third kappa shape index (κ3) is 3.34. The zero-order valence-corrected chi connectivity index (χ0v) is 12.0. The molecule has 3 nitrogen and oxygen atoms in total. The summed E-state index contributed by atoms with van der Waals surface area (Å²) >= 11 is 9.07. The average molecular weight is 336 g/mol. The Labute approximate surface area is 123 Å². The molecular weight excluding hydrogens is 328 g/mol. The van der Waals surface area contributed by atoms with Gasteiger partial charge in [0.15, 0.2) is 0 Å². The standard InChI is InChI=1S/C14H8BrClN2O/c15-11-4-1-10(8-17)13(7-11)18-14(19)9-2-5-12(16)6-3-9/h1-7H,(H,18,19). The highest BCUT2D eigenvalue weighted by molar-refractivity contribution is 9.10. The highest BCUT2D eigenvalue weighted by atomic mass is 79.9. The van der Waals surface area contributed by atoms with Crippen LogP contribution in [0.1, 0.15) is 15.9 Å². The van der Waals surface area contributed by atoms with Crippen molar-refractivity contribution >= 4 is 39.1 Å². The van der Waals surface area contributed by atoms with Gasteiger partial charge in [-0.15, -0.1) is 0 Å². The zero-order valence-electron chi connectivity index (χ0n) is 9.65. The van der Waals surface area contributed by atoms with Crippen molar-refractivity contribution in [1.29, 1.82) is 5.26 Å². The summed E-state index contributed by atoms with van der Waals surface area (Å²) in [6.07, 6.45) is 0. The molecule has 0 aromatic heterocycles. The second-order valence-electron chi connectivity index (χ2n) is 3.76. The summed E-state index contributed by atoms with van der Waals surface area (Å²) < 4.78 is 0.790. The summed E-state index contributed by atoms with van der Waals surface area (Å²) in [7, 11) is 0. The van der Waals surface area contributed by atoms with Crippen molar-refractivity contribution in [3.05, 3.63) is 63.1 Å². The Balaban J connectivity index is 2.26. The molecule has 0 radical (unpaired) electrons. The van der Waals surface area contributed by atoms with Gasteiger partial charge in [0, 0.05) is 15.1 Å². The van der Waals surface area contributed by atoms with Crippen LogP contribution in [0.4, 0.5) is 5.69 Å². The van der Waals surface area contributed by atoms with Crippen LogP contribution in [0.15, 0.2) is 46.9 Å². The molecule has 2 aromatic carbocycles. The van der Waals surface area contributed by atoms with Crippen LogP contribution in [0.25, 0.3) is 0 Å². The summed E-state index contributed by atoms with van der Waals surface area (Å²) in [5, 5.41) is 12.3. The number of hydrogen-bond acceptors (Lipinski definition) is 2. The van der Waals surface area contributed by atoms with Gasteiger partial charge < -0.3 is 5.32 Å².